The van der Waals surface area contributed by atoms with E-state index in [0.717, 1.165) is 36.3 Å². The molecule has 11 nitrogen and oxygen atoms in total. The maximum absolute atomic E-state index is 15.4. The van der Waals surface area contributed by atoms with Gasteiger partial charge in [0.15, 0.2) is 0 Å². The molecule has 4 heterocycles. The summed E-state index contributed by atoms with van der Waals surface area (Å²) in [5.74, 6) is -0.125. The Labute approximate surface area is 261 Å². The van der Waals surface area contributed by atoms with E-state index >= 15 is 4.39 Å². The first-order valence-electron chi connectivity index (χ1n) is 15.0. The highest BCUT2D eigenvalue weighted by molar-refractivity contribution is 7.92. The van der Waals surface area contributed by atoms with Gasteiger partial charge in [0.05, 0.1) is 24.3 Å². The number of amides is 1. The molecule has 2 atom stereocenters. The number of morpholine rings is 1. The number of nitrogens with one attached hydrogen (secondary N) is 3. The van der Waals surface area contributed by atoms with Gasteiger partial charge in [0.1, 0.15) is 28.9 Å². The van der Waals surface area contributed by atoms with E-state index in [2.05, 4.69) is 41.4 Å². The Balaban J connectivity index is 1.17. The Hall–Kier alpha value is -4.49. The highest BCUT2D eigenvalue weighted by atomic mass is 32.2. The maximum atomic E-state index is 15.4. The lowest BCUT2D eigenvalue weighted by Gasteiger charge is -2.35. The van der Waals surface area contributed by atoms with Crippen molar-refractivity contribution in [1.29, 1.82) is 0 Å². The number of halogens is 1. The van der Waals surface area contributed by atoms with E-state index < -0.39 is 21.1 Å². The lowest BCUT2D eigenvalue weighted by atomic mass is 10.0. The van der Waals surface area contributed by atoms with Crippen LogP contribution in [0.1, 0.15) is 30.6 Å². The number of anilines is 3. The number of sulfonamides is 1. The van der Waals surface area contributed by atoms with Crippen LogP contribution < -0.4 is 19.8 Å². The molecule has 2 aliphatic heterocycles. The van der Waals surface area contributed by atoms with Crippen LogP contribution in [0, 0.1) is 5.82 Å². The number of rotatable bonds is 9. The van der Waals surface area contributed by atoms with E-state index in [1.807, 2.05) is 24.3 Å². The first kappa shape index (κ1) is 30.5. The van der Waals surface area contributed by atoms with E-state index in [0.29, 0.717) is 55.3 Å². The molecule has 2 aliphatic rings. The Kier molecular flexibility index (Phi) is 8.72. The van der Waals surface area contributed by atoms with E-state index in [4.69, 9.17) is 4.74 Å². The van der Waals surface area contributed by atoms with Crippen molar-refractivity contribution in [2.24, 2.45) is 0 Å². The number of aromatic amines is 1. The zero-order valence-electron chi connectivity index (χ0n) is 25.0. The fraction of sp³-hybridized carbons (Fsp3) is 0.344. The predicted molar refractivity (Wildman–Crippen MR) is 173 cm³/mol. The van der Waals surface area contributed by atoms with Crippen LogP contribution in [-0.4, -0.2) is 74.7 Å². The molecule has 13 heteroatoms. The third-order valence-electron chi connectivity index (χ3n) is 8.37. The number of hydrogen-bond donors (Lipinski definition) is 3. The van der Waals surface area contributed by atoms with Gasteiger partial charge in [-0.1, -0.05) is 24.8 Å². The highest BCUT2D eigenvalue weighted by Crippen LogP contribution is 2.33. The van der Waals surface area contributed by atoms with Crippen LogP contribution in [0.15, 0.2) is 67.5 Å². The van der Waals surface area contributed by atoms with Crippen LogP contribution in [0.3, 0.4) is 0 Å². The number of H-pyrrole nitrogens is 1. The Morgan fingerprint density at radius 3 is 2.73 bits per heavy atom. The normalized spacial score (nSPS) is 18.0. The summed E-state index contributed by atoms with van der Waals surface area (Å²) in [4.78, 5) is 28.1. The highest BCUT2D eigenvalue weighted by Gasteiger charge is 2.26. The maximum Gasteiger partial charge on any atom is 0.243 e. The second-order valence-corrected chi connectivity index (χ2v) is 13.3. The van der Waals surface area contributed by atoms with Crippen molar-refractivity contribution >= 4 is 44.2 Å². The van der Waals surface area contributed by atoms with Crippen molar-refractivity contribution in [3.63, 3.8) is 0 Å². The number of benzene rings is 2. The molecule has 45 heavy (non-hydrogen) atoms. The van der Waals surface area contributed by atoms with Crippen LogP contribution >= 0.6 is 0 Å². The second-order valence-electron chi connectivity index (χ2n) is 11.3. The average Bonchev–Trinajstić information content (AvgIpc) is 3.50. The minimum atomic E-state index is -4.00. The number of piperidine rings is 1. The fourth-order valence-electron chi connectivity index (χ4n) is 5.86. The predicted octanol–water partition coefficient (Wildman–Crippen LogP) is 4.37. The molecule has 0 spiro atoms. The standard InChI is InChI=1S/C32H36FN7O4S/c1-3-30(41)36-24-7-5-11-40(19-24)25-8-4-6-22(16-25)21(2)45(42,43)38-28-10-9-23(17-27(28)33)29-18-26-31(37-29)34-20-35-32(26)39-12-14-44-15-13-39/h3-4,6,8-10,16-18,20-21,24,38H,1,5,7,11-15,19H2,2H3,(H,36,41)(H,34,35,37)/t21?,24-/m1/s1. The van der Waals surface area contributed by atoms with Crippen molar-refractivity contribution in [2.75, 3.05) is 53.9 Å². The number of hydrogen-bond acceptors (Lipinski definition) is 8. The summed E-state index contributed by atoms with van der Waals surface area (Å²) in [6.45, 7) is 9.16. The van der Waals surface area contributed by atoms with Gasteiger partial charge in [-0.2, -0.15) is 0 Å². The van der Waals surface area contributed by atoms with E-state index in [9.17, 15) is 13.2 Å². The molecule has 0 aliphatic carbocycles. The molecule has 0 radical (unpaired) electrons. The number of carbonyl (C=O) groups excluding carboxylic acids is 1. The Bertz CT molecular complexity index is 1820. The molecule has 4 aromatic rings. The summed E-state index contributed by atoms with van der Waals surface area (Å²) < 4.78 is 50.1. The molecule has 0 saturated carbocycles. The SMILES string of the molecule is C=CC(=O)N[C@@H]1CCCN(c2cccc(C(C)S(=O)(=O)Nc3ccc(-c4cc5c(N6CCOCC6)ncnc5[nH]4)cc3F)c2)C1. The fourth-order valence-corrected chi connectivity index (χ4v) is 7.01. The quantitative estimate of drug-likeness (QED) is 0.232. The average molecular weight is 634 g/mol. The summed E-state index contributed by atoms with van der Waals surface area (Å²) >= 11 is 0. The molecule has 2 aromatic heterocycles. The van der Waals surface area contributed by atoms with E-state index in [-0.39, 0.29) is 17.6 Å². The molecule has 1 amide bonds. The van der Waals surface area contributed by atoms with Crippen LogP contribution in [0.4, 0.5) is 21.6 Å². The third kappa shape index (κ3) is 6.64. The summed E-state index contributed by atoms with van der Waals surface area (Å²) in [5, 5.41) is 2.81. The molecule has 236 valence electrons. The van der Waals surface area contributed by atoms with Gasteiger partial charge in [-0.3, -0.25) is 9.52 Å². The second kappa shape index (κ2) is 12.9. The summed E-state index contributed by atoms with van der Waals surface area (Å²) in [6.07, 6.45) is 4.50. The van der Waals surface area contributed by atoms with Crippen molar-refractivity contribution in [2.45, 2.75) is 31.1 Å². The molecule has 3 N–H and O–H groups in total. The van der Waals surface area contributed by atoms with Crippen molar-refractivity contribution in [1.82, 2.24) is 20.3 Å². The largest absolute Gasteiger partial charge is 0.378 e. The Morgan fingerprint density at radius 2 is 1.96 bits per heavy atom. The topological polar surface area (TPSA) is 133 Å². The number of nitrogens with zero attached hydrogens (tertiary/aromatic N) is 4. The lowest BCUT2D eigenvalue weighted by molar-refractivity contribution is -0.117. The van der Waals surface area contributed by atoms with Crippen LogP contribution in [0.5, 0.6) is 0 Å². The Morgan fingerprint density at radius 1 is 1.13 bits per heavy atom. The van der Waals surface area contributed by atoms with Gasteiger partial charge in [0, 0.05) is 49.2 Å². The van der Waals surface area contributed by atoms with Crippen molar-refractivity contribution in [3.05, 3.63) is 78.9 Å². The summed E-state index contributed by atoms with van der Waals surface area (Å²) in [5.41, 5.74) is 3.12. The lowest BCUT2D eigenvalue weighted by Crippen LogP contribution is -2.47. The molecular weight excluding hydrogens is 597 g/mol. The number of ether oxygens (including phenoxy) is 1. The number of carbonyl (C=O) groups is 1. The van der Waals surface area contributed by atoms with Crippen molar-refractivity contribution in [3.8, 4) is 11.3 Å². The van der Waals surface area contributed by atoms with Gasteiger partial charge < -0.3 is 24.8 Å². The zero-order valence-corrected chi connectivity index (χ0v) is 25.8. The zero-order chi connectivity index (χ0) is 31.6. The van der Waals surface area contributed by atoms with Gasteiger partial charge >= 0.3 is 0 Å². The van der Waals surface area contributed by atoms with Crippen LogP contribution in [0.25, 0.3) is 22.3 Å². The molecule has 0 bridgehead atoms. The van der Waals surface area contributed by atoms with Gasteiger partial charge in [-0.15, -0.1) is 0 Å². The first-order valence-corrected chi connectivity index (χ1v) is 16.5. The minimum absolute atomic E-state index is 0.0224. The summed E-state index contributed by atoms with van der Waals surface area (Å²) in [7, 11) is -4.00. The molecule has 2 saturated heterocycles. The molecule has 2 aromatic carbocycles. The van der Waals surface area contributed by atoms with Crippen LogP contribution in [-0.2, 0) is 19.6 Å². The number of aromatic nitrogens is 3. The van der Waals surface area contributed by atoms with Crippen LogP contribution in [0.2, 0.25) is 0 Å². The van der Waals surface area contributed by atoms with Gasteiger partial charge in [-0.05, 0) is 61.7 Å². The minimum Gasteiger partial charge on any atom is -0.378 e. The molecule has 6 rings (SSSR count). The molecule has 2 fully saturated rings. The van der Waals surface area contributed by atoms with Gasteiger partial charge in [0.25, 0.3) is 0 Å². The smallest absolute Gasteiger partial charge is 0.243 e. The van der Waals surface area contributed by atoms with Crippen molar-refractivity contribution < 1.29 is 22.3 Å². The third-order valence-corrected chi connectivity index (χ3v) is 10.1. The molecule has 1 unspecified atom stereocenters. The monoisotopic (exact) mass is 633 g/mol. The van der Waals surface area contributed by atoms with E-state index in [1.165, 1.54) is 24.5 Å². The first-order chi connectivity index (χ1) is 21.7. The summed E-state index contributed by atoms with van der Waals surface area (Å²) in [6, 6.07) is 13.6. The van der Waals surface area contributed by atoms with Gasteiger partial charge in [0.2, 0.25) is 15.9 Å². The van der Waals surface area contributed by atoms with E-state index in [1.54, 1.807) is 19.1 Å². The number of fused-ring (bicyclic) bond motifs is 1. The molecular formula is C32H36FN7O4S. The van der Waals surface area contributed by atoms with Gasteiger partial charge in [-0.25, -0.2) is 22.8 Å².